The minimum atomic E-state index is -0.563. The fourth-order valence-electron chi connectivity index (χ4n) is 1.87. The van der Waals surface area contributed by atoms with E-state index in [2.05, 4.69) is 0 Å². The van der Waals surface area contributed by atoms with E-state index in [0.717, 1.165) is 16.3 Å². The zero-order chi connectivity index (χ0) is 12.3. The van der Waals surface area contributed by atoms with Gasteiger partial charge in [0.2, 0.25) is 0 Å². The lowest BCUT2D eigenvalue weighted by molar-refractivity contribution is 0.0496. The maximum atomic E-state index is 9.74. The SMILES string of the molecule is COCOc1c([C@H](C)O)ccc2ccccc12. The second-order valence-corrected chi connectivity index (χ2v) is 3.93. The van der Waals surface area contributed by atoms with Crippen molar-refractivity contribution in [1.82, 2.24) is 0 Å². The highest BCUT2D eigenvalue weighted by Gasteiger charge is 2.12. The summed E-state index contributed by atoms with van der Waals surface area (Å²) in [6.07, 6.45) is -0.563. The molecule has 0 bridgehead atoms. The molecule has 2 aromatic rings. The Hall–Kier alpha value is -1.58. The van der Waals surface area contributed by atoms with Crippen molar-refractivity contribution in [2.24, 2.45) is 0 Å². The Morgan fingerprint density at radius 2 is 1.94 bits per heavy atom. The van der Waals surface area contributed by atoms with Gasteiger partial charge in [0.15, 0.2) is 6.79 Å². The molecule has 1 N–H and O–H groups in total. The quantitative estimate of drug-likeness (QED) is 0.824. The van der Waals surface area contributed by atoms with Crippen LogP contribution in [0, 0.1) is 0 Å². The van der Waals surface area contributed by atoms with Crippen molar-refractivity contribution in [2.45, 2.75) is 13.0 Å². The molecule has 90 valence electrons. The van der Waals surface area contributed by atoms with Gasteiger partial charge in [-0.3, -0.25) is 0 Å². The van der Waals surface area contributed by atoms with Gasteiger partial charge in [-0.05, 0) is 12.3 Å². The normalized spacial score (nSPS) is 12.6. The highest BCUT2D eigenvalue weighted by Crippen LogP contribution is 2.33. The van der Waals surface area contributed by atoms with Crippen LogP contribution >= 0.6 is 0 Å². The summed E-state index contributed by atoms with van der Waals surface area (Å²) >= 11 is 0. The van der Waals surface area contributed by atoms with E-state index in [9.17, 15) is 5.11 Å². The maximum absolute atomic E-state index is 9.74. The van der Waals surface area contributed by atoms with Crippen LogP contribution in [0.1, 0.15) is 18.6 Å². The largest absolute Gasteiger partial charge is 0.467 e. The molecule has 1 atom stereocenters. The number of aliphatic hydroxyl groups is 1. The summed E-state index contributed by atoms with van der Waals surface area (Å²) in [5.41, 5.74) is 0.778. The van der Waals surface area contributed by atoms with Crippen molar-refractivity contribution >= 4 is 10.8 Å². The van der Waals surface area contributed by atoms with E-state index in [0.29, 0.717) is 5.75 Å². The fraction of sp³-hybridized carbons (Fsp3) is 0.286. The molecule has 0 aliphatic carbocycles. The van der Waals surface area contributed by atoms with Crippen LogP contribution in [0.5, 0.6) is 5.75 Å². The topological polar surface area (TPSA) is 38.7 Å². The molecule has 0 aromatic heterocycles. The van der Waals surface area contributed by atoms with Crippen LogP contribution in [0.4, 0.5) is 0 Å². The third-order valence-electron chi connectivity index (χ3n) is 2.68. The summed E-state index contributed by atoms with van der Waals surface area (Å²) in [6.45, 7) is 1.90. The lowest BCUT2D eigenvalue weighted by Gasteiger charge is -2.15. The van der Waals surface area contributed by atoms with Crippen molar-refractivity contribution in [3.8, 4) is 5.75 Å². The van der Waals surface area contributed by atoms with Gasteiger partial charge in [-0.15, -0.1) is 0 Å². The Morgan fingerprint density at radius 3 is 2.65 bits per heavy atom. The summed E-state index contributed by atoms with van der Waals surface area (Å²) in [5, 5.41) is 11.8. The molecule has 17 heavy (non-hydrogen) atoms. The Kier molecular flexibility index (Phi) is 3.61. The van der Waals surface area contributed by atoms with Crippen LogP contribution in [-0.4, -0.2) is 19.0 Å². The first-order chi connectivity index (χ1) is 8.24. The molecule has 2 aromatic carbocycles. The zero-order valence-corrected chi connectivity index (χ0v) is 10.0. The smallest absolute Gasteiger partial charge is 0.188 e. The van der Waals surface area contributed by atoms with Gasteiger partial charge in [0.25, 0.3) is 0 Å². The minimum Gasteiger partial charge on any atom is -0.467 e. The Labute approximate surface area is 101 Å². The van der Waals surface area contributed by atoms with Gasteiger partial charge in [0, 0.05) is 18.1 Å². The van der Waals surface area contributed by atoms with Crippen LogP contribution in [0.15, 0.2) is 36.4 Å². The predicted molar refractivity (Wildman–Crippen MR) is 67.1 cm³/mol. The highest BCUT2D eigenvalue weighted by molar-refractivity contribution is 5.89. The molecular formula is C14H16O3. The van der Waals surface area contributed by atoms with E-state index in [4.69, 9.17) is 9.47 Å². The number of hydrogen-bond donors (Lipinski definition) is 1. The van der Waals surface area contributed by atoms with Crippen molar-refractivity contribution in [1.29, 1.82) is 0 Å². The van der Waals surface area contributed by atoms with Crippen LogP contribution in [0.25, 0.3) is 10.8 Å². The number of rotatable bonds is 4. The molecule has 0 radical (unpaired) electrons. The lowest BCUT2D eigenvalue weighted by Crippen LogP contribution is -2.04. The third kappa shape index (κ3) is 2.40. The van der Waals surface area contributed by atoms with Crippen LogP contribution in [0.2, 0.25) is 0 Å². The fourth-order valence-corrected chi connectivity index (χ4v) is 1.87. The van der Waals surface area contributed by atoms with Crippen LogP contribution in [-0.2, 0) is 4.74 Å². The van der Waals surface area contributed by atoms with E-state index >= 15 is 0 Å². The molecule has 0 spiro atoms. The zero-order valence-electron chi connectivity index (χ0n) is 10.0. The molecular weight excluding hydrogens is 216 g/mol. The number of ether oxygens (including phenoxy) is 2. The van der Waals surface area contributed by atoms with Crippen LogP contribution in [0.3, 0.4) is 0 Å². The first-order valence-electron chi connectivity index (χ1n) is 5.55. The molecule has 3 nitrogen and oxygen atoms in total. The summed E-state index contributed by atoms with van der Waals surface area (Å²) < 4.78 is 10.5. The second-order valence-electron chi connectivity index (χ2n) is 3.93. The van der Waals surface area contributed by atoms with Crippen molar-refractivity contribution < 1.29 is 14.6 Å². The van der Waals surface area contributed by atoms with E-state index in [1.165, 1.54) is 0 Å². The number of hydrogen-bond acceptors (Lipinski definition) is 3. The van der Waals surface area contributed by atoms with E-state index in [1.807, 2.05) is 36.4 Å². The molecule has 0 fully saturated rings. The van der Waals surface area contributed by atoms with Gasteiger partial charge >= 0.3 is 0 Å². The third-order valence-corrected chi connectivity index (χ3v) is 2.68. The summed E-state index contributed by atoms with van der Waals surface area (Å²) in [7, 11) is 1.58. The maximum Gasteiger partial charge on any atom is 0.188 e. The predicted octanol–water partition coefficient (Wildman–Crippen LogP) is 2.88. The van der Waals surface area contributed by atoms with Crippen molar-refractivity contribution in [2.75, 3.05) is 13.9 Å². The lowest BCUT2D eigenvalue weighted by atomic mass is 10.0. The molecule has 0 aliphatic heterocycles. The summed E-state index contributed by atoms with van der Waals surface area (Å²) in [5.74, 6) is 0.694. The molecule has 2 rings (SSSR count). The van der Waals surface area contributed by atoms with E-state index in [-0.39, 0.29) is 6.79 Å². The van der Waals surface area contributed by atoms with Crippen LogP contribution < -0.4 is 4.74 Å². The van der Waals surface area contributed by atoms with Gasteiger partial charge in [0.05, 0.1) is 6.10 Å². The molecule has 0 heterocycles. The standard InChI is InChI=1S/C14H16O3/c1-10(15)12-8-7-11-5-3-4-6-13(11)14(12)17-9-16-2/h3-8,10,15H,9H2,1-2H3/t10-/m0/s1. The van der Waals surface area contributed by atoms with Gasteiger partial charge < -0.3 is 14.6 Å². The molecule has 0 amide bonds. The van der Waals surface area contributed by atoms with Gasteiger partial charge in [0.1, 0.15) is 5.75 Å². The number of benzene rings is 2. The summed E-state index contributed by atoms with van der Waals surface area (Å²) in [4.78, 5) is 0. The Balaban J connectivity index is 2.57. The molecule has 0 saturated heterocycles. The molecule has 0 saturated carbocycles. The number of aliphatic hydroxyl groups excluding tert-OH is 1. The molecule has 0 unspecified atom stereocenters. The summed E-state index contributed by atoms with van der Waals surface area (Å²) in [6, 6.07) is 11.8. The average Bonchev–Trinajstić information content (AvgIpc) is 2.35. The Bertz CT molecular complexity index is 506. The average molecular weight is 232 g/mol. The first kappa shape index (κ1) is 11.9. The number of methoxy groups -OCH3 is 1. The van der Waals surface area contributed by atoms with Crippen molar-refractivity contribution in [3.63, 3.8) is 0 Å². The van der Waals surface area contributed by atoms with Gasteiger partial charge in [-0.1, -0.05) is 36.4 Å². The van der Waals surface area contributed by atoms with E-state index < -0.39 is 6.10 Å². The molecule has 3 heteroatoms. The van der Waals surface area contributed by atoms with Gasteiger partial charge in [-0.2, -0.15) is 0 Å². The van der Waals surface area contributed by atoms with E-state index in [1.54, 1.807) is 14.0 Å². The molecule has 0 aliphatic rings. The minimum absolute atomic E-state index is 0.174. The second kappa shape index (κ2) is 5.17. The highest BCUT2D eigenvalue weighted by atomic mass is 16.7. The first-order valence-corrected chi connectivity index (χ1v) is 5.55. The Morgan fingerprint density at radius 1 is 1.18 bits per heavy atom. The van der Waals surface area contributed by atoms with Gasteiger partial charge in [-0.25, -0.2) is 0 Å². The monoisotopic (exact) mass is 232 g/mol. The number of fused-ring (bicyclic) bond motifs is 1. The van der Waals surface area contributed by atoms with Crippen molar-refractivity contribution in [3.05, 3.63) is 42.0 Å².